The molecule has 1 saturated heterocycles. The molecule has 2 rings (SSSR count). The quantitative estimate of drug-likeness (QED) is 0.746. The van der Waals surface area contributed by atoms with Gasteiger partial charge in [-0.3, -0.25) is 9.48 Å². The van der Waals surface area contributed by atoms with E-state index in [1.807, 2.05) is 0 Å². The first-order valence-corrected chi connectivity index (χ1v) is 5.26. The van der Waals surface area contributed by atoms with Gasteiger partial charge in [-0.2, -0.15) is 5.10 Å². The van der Waals surface area contributed by atoms with Crippen LogP contribution >= 0.6 is 0 Å². The first-order chi connectivity index (χ1) is 8.16. The minimum atomic E-state index is -1.04. The minimum Gasteiger partial charge on any atom is -0.479 e. The number of carbonyl (C=O) groups excluding carboxylic acids is 1. The number of hydrogen-bond acceptors (Lipinski definition) is 4. The maximum absolute atomic E-state index is 11.9. The number of carboxylic acid groups (broad SMARTS) is 1. The largest absolute Gasteiger partial charge is 0.479 e. The first kappa shape index (κ1) is 11.6. The summed E-state index contributed by atoms with van der Waals surface area (Å²) in [6.45, 7) is 0.889. The summed E-state index contributed by atoms with van der Waals surface area (Å²) in [5, 5.41) is 12.7. The monoisotopic (exact) mass is 239 g/mol. The van der Waals surface area contributed by atoms with Crippen molar-refractivity contribution in [1.82, 2.24) is 14.7 Å². The highest BCUT2D eigenvalue weighted by Gasteiger charge is 2.28. The third-order valence-electron chi connectivity index (χ3n) is 2.55. The highest BCUT2D eigenvalue weighted by molar-refractivity contribution is 5.78. The number of hydrogen-bond donors (Lipinski definition) is 1. The van der Waals surface area contributed by atoms with Crippen molar-refractivity contribution >= 4 is 11.9 Å². The fourth-order valence-electron chi connectivity index (χ4n) is 1.66. The molecule has 0 aliphatic carbocycles. The Morgan fingerprint density at radius 1 is 1.53 bits per heavy atom. The predicted molar refractivity (Wildman–Crippen MR) is 56.2 cm³/mol. The van der Waals surface area contributed by atoms with E-state index in [1.54, 1.807) is 18.5 Å². The van der Waals surface area contributed by atoms with E-state index >= 15 is 0 Å². The van der Waals surface area contributed by atoms with Gasteiger partial charge in [0.2, 0.25) is 5.91 Å². The average Bonchev–Trinajstić information content (AvgIpc) is 2.82. The van der Waals surface area contributed by atoms with Crippen LogP contribution in [0.2, 0.25) is 0 Å². The van der Waals surface area contributed by atoms with Crippen LogP contribution in [0.1, 0.15) is 0 Å². The van der Waals surface area contributed by atoms with Gasteiger partial charge in [0, 0.05) is 18.9 Å². The highest BCUT2D eigenvalue weighted by atomic mass is 16.5. The molecule has 1 N–H and O–H groups in total. The van der Waals surface area contributed by atoms with Gasteiger partial charge in [0.1, 0.15) is 6.54 Å². The molecule has 7 nitrogen and oxygen atoms in total. The lowest BCUT2D eigenvalue weighted by Gasteiger charge is -2.30. The van der Waals surface area contributed by atoms with E-state index in [0.29, 0.717) is 6.54 Å². The van der Waals surface area contributed by atoms with E-state index < -0.39 is 12.1 Å². The van der Waals surface area contributed by atoms with Gasteiger partial charge in [-0.15, -0.1) is 0 Å². The Morgan fingerprint density at radius 3 is 3.00 bits per heavy atom. The molecule has 0 unspecified atom stereocenters. The van der Waals surface area contributed by atoms with Gasteiger partial charge in [-0.1, -0.05) is 0 Å². The zero-order valence-corrected chi connectivity index (χ0v) is 9.15. The lowest BCUT2D eigenvalue weighted by atomic mass is 10.2. The summed E-state index contributed by atoms with van der Waals surface area (Å²) in [4.78, 5) is 24.1. The SMILES string of the molecule is O=C(O)[C@H]1CN(C(=O)Cn2cccn2)CCO1. The van der Waals surface area contributed by atoms with Crippen LogP contribution in [-0.2, 0) is 20.9 Å². The van der Waals surface area contributed by atoms with Gasteiger partial charge >= 0.3 is 5.97 Å². The van der Waals surface area contributed by atoms with Crippen LogP contribution in [0, 0.1) is 0 Å². The number of amides is 1. The van der Waals surface area contributed by atoms with Crippen LogP contribution in [0.25, 0.3) is 0 Å². The standard InChI is InChI=1S/C10H13N3O4/c14-9(7-13-3-1-2-11-13)12-4-5-17-8(6-12)10(15)16/h1-3,8H,4-7H2,(H,15,16)/t8-/m1/s1. The van der Waals surface area contributed by atoms with E-state index in [1.165, 1.54) is 9.58 Å². The van der Waals surface area contributed by atoms with Gasteiger partial charge in [0.05, 0.1) is 13.2 Å². The third-order valence-corrected chi connectivity index (χ3v) is 2.55. The van der Waals surface area contributed by atoms with Crippen molar-refractivity contribution in [3.63, 3.8) is 0 Å². The number of nitrogens with zero attached hydrogens (tertiary/aromatic N) is 3. The topological polar surface area (TPSA) is 84.7 Å². The summed E-state index contributed by atoms with van der Waals surface area (Å²) in [5.41, 5.74) is 0. The molecule has 1 aromatic heterocycles. The number of carbonyl (C=O) groups is 2. The lowest BCUT2D eigenvalue weighted by molar-refractivity contribution is -0.159. The van der Waals surface area contributed by atoms with Gasteiger partial charge in [0.25, 0.3) is 0 Å². The molecule has 92 valence electrons. The van der Waals surface area contributed by atoms with Gasteiger partial charge in [-0.05, 0) is 6.07 Å². The molecule has 17 heavy (non-hydrogen) atoms. The van der Waals surface area contributed by atoms with Gasteiger partial charge < -0.3 is 14.7 Å². The summed E-state index contributed by atoms with van der Waals surface area (Å²) < 4.78 is 6.55. The summed E-state index contributed by atoms with van der Waals surface area (Å²) in [5.74, 6) is -1.19. The smallest absolute Gasteiger partial charge is 0.334 e. The zero-order valence-electron chi connectivity index (χ0n) is 9.15. The summed E-state index contributed by atoms with van der Waals surface area (Å²) in [7, 11) is 0. The van der Waals surface area contributed by atoms with Crippen molar-refractivity contribution in [2.75, 3.05) is 19.7 Å². The number of rotatable bonds is 3. The Morgan fingerprint density at radius 2 is 2.35 bits per heavy atom. The second-order valence-electron chi connectivity index (χ2n) is 3.74. The molecule has 2 heterocycles. The Kier molecular flexibility index (Phi) is 3.38. The van der Waals surface area contributed by atoms with Crippen LogP contribution in [0.3, 0.4) is 0 Å². The van der Waals surface area contributed by atoms with Crippen molar-refractivity contribution in [3.8, 4) is 0 Å². The molecule has 0 saturated carbocycles. The van der Waals surface area contributed by atoms with E-state index in [2.05, 4.69) is 5.10 Å². The minimum absolute atomic E-state index is 0.0927. The van der Waals surface area contributed by atoms with E-state index in [9.17, 15) is 9.59 Å². The second-order valence-corrected chi connectivity index (χ2v) is 3.74. The Labute approximate surface area is 97.6 Å². The molecule has 1 atom stereocenters. The predicted octanol–water partition coefficient (Wildman–Crippen LogP) is -0.805. The van der Waals surface area contributed by atoms with Gasteiger partial charge in [-0.25, -0.2) is 4.79 Å². The molecule has 1 fully saturated rings. The van der Waals surface area contributed by atoms with Crippen LogP contribution in [0.15, 0.2) is 18.5 Å². The van der Waals surface area contributed by atoms with Crippen molar-refractivity contribution in [3.05, 3.63) is 18.5 Å². The second kappa shape index (κ2) is 4.96. The summed E-state index contributed by atoms with van der Waals surface area (Å²) in [6, 6.07) is 1.73. The third kappa shape index (κ3) is 2.82. The summed E-state index contributed by atoms with van der Waals surface area (Å²) in [6.07, 6.45) is 2.35. The summed E-state index contributed by atoms with van der Waals surface area (Å²) >= 11 is 0. The Hall–Kier alpha value is -1.89. The maximum atomic E-state index is 11.9. The lowest BCUT2D eigenvalue weighted by Crippen LogP contribution is -2.49. The number of carboxylic acids is 1. The molecule has 0 spiro atoms. The molecular weight excluding hydrogens is 226 g/mol. The molecule has 1 aliphatic rings. The molecule has 7 heteroatoms. The molecule has 1 aromatic rings. The van der Waals surface area contributed by atoms with Gasteiger partial charge in [0.15, 0.2) is 6.10 Å². The number of aromatic nitrogens is 2. The molecule has 1 aliphatic heterocycles. The van der Waals surface area contributed by atoms with E-state index in [-0.39, 0.29) is 25.6 Å². The Bertz CT molecular complexity index is 404. The zero-order chi connectivity index (χ0) is 12.3. The first-order valence-electron chi connectivity index (χ1n) is 5.26. The average molecular weight is 239 g/mol. The van der Waals surface area contributed by atoms with Crippen molar-refractivity contribution in [1.29, 1.82) is 0 Å². The van der Waals surface area contributed by atoms with Crippen molar-refractivity contribution < 1.29 is 19.4 Å². The molecule has 0 aromatic carbocycles. The van der Waals surface area contributed by atoms with Crippen LogP contribution in [0.4, 0.5) is 0 Å². The molecule has 0 radical (unpaired) electrons. The number of aliphatic carboxylic acids is 1. The molecular formula is C10H13N3O4. The van der Waals surface area contributed by atoms with Crippen LogP contribution < -0.4 is 0 Å². The Balaban J connectivity index is 1.93. The maximum Gasteiger partial charge on any atom is 0.334 e. The van der Waals surface area contributed by atoms with Crippen molar-refractivity contribution in [2.45, 2.75) is 12.6 Å². The van der Waals surface area contributed by atoms with Crippen LogP contribution in [-0.4, -0.2) is 57.5 Å². The number of morpholine rings is 1. The fraction of sp³-hybridized carbons (Fsp3) is 0.500. The van der Waals surface area contributed by atoms with E-state index in [4.69, 9.17) is 9.84 Å². The normalized spacial score (nSPS) is 20.2. The molecule has 0 bridgehead atoms. The number of ether oxygens (including phenoxy) is 1. The highest BCUT2D eigenvalue weighted by Crippen LogP contribution is 2.06. The fourth-order valence-corrected chi connectivity index (χ4v) is 1.66. The van der Waals surface area contributed by atoms with Crippen LogP contribution in [0.5, 0.6) is 0 Å². The molecule has 1 amide bonds. The van der Waals surface area contributed by atoms with Crippen molar-refractivity contribution in [2.24, 2.45) is 0 Å². The van der Waals surface area contributed by atoms with E-state index in [0.717, 1.165) is 0 Å².